The number of carbonyl (C=O) groups excluding carboxylic acids is 1. The van der Waals surface area contributed by atoms with Gasteiger partial charge in [-0.15, -0.1) is 11.3 Å². The lowest BCUT2D eigenvalue weighted by atomic mass is 9.95. The summed E-state index contributed by atoms with van der Waals surface area (Å²) in [4.78, 5) is 16.9. The van der Waals surface area contributed by atoms with E-state index in [1.165, 1.54) is 6.08 Å². The number of amides is 1. The Morgan fingerprint density at radius 3 is 2.72 bits per heavy atom. The number of benzene rings is 2. The summed E-state index contributed by atoms with van der Waals surface area (Å²) in [7, 11) is 0. The van der Waals surface area contributed by atoms with Crippen LogP contribution in [-0.4, -0.2) is 10.9 Å². The van der Waals surface area contributed by atoms with Crippen LogP contribution in [0.4, 0.5) is 5.82 Å². The van der Waals surface area contributed by atoms with E-state index in [-0.39, 0.29) is 5.91 Å². The van der Waals surface area contributed by atoms with E-state index < -0.39 is 0 Å². The number of fused-ring (bicyclic) bond motifs is 1. The summed E-state index contributed by atoms with van der Waals surface area (Å²) in [6.07, 6.45) is 2.98. The summed E-state index contributed by atoms with van der Waals surface area (Å²) in [6.45, 7) is 5.97. The number of hydrogen-bond acceptors (Lipinski definition) is 5. The quantitative estimate of drug-likeness (QED) is 0.329. The molecule has 0 aliphatic rings. The van der Waals surface area contributed by atoms with E-state index in [2.05, 4.69) is 57.9 Å². The summed E-state index contributed by atoms with van der Waals surface area (Å²) in [5, 5.41) is 12.9. The fourth-order valence-corrected chi connectivity index (χ4v) is 5.49. The van der Waals surface area contributed by atoms with Gasteiger partial charge < -0.3 is 11.1 Å². The Hall–Kier alpha value is -3.47. The Bertz CT molecular complexity index is 1400. The molecular formula is C25H19BrN4OS. The number of aryl methyl sites for hydroxylation is 1. The molecule has 0 spiro atoms. The summed E-state index contributed by atoms with van der Waals surface area (Å²) in [5.41, 5.74) is 12.1. The van der Waals surface area contributed by atoms with Crippen LogP contribution in [0.1, 0.15) is 16.7 Å². The smallest absolute Gasteiger partial charge is 0.243 e. The van der Waals surface area contributed by atoms with Crippen molar-refractivity contribution in [3.05, 3.63) is 82.5 Å². The van der Waals surface area contributed by atoms with Gasteiger partial charge in [0.05, 0.1) is 20.8 Å². The first kappa shape index (κ1) is 21.8. The highest BCUT2D eigenvalue weighted by molar-refractivity contribution is 9.10. The minimum atomic E-state index is -0.202. The van der Waals surface area contributed by atoms with Crippen molar-refractivity contribution >= 4 is 49.1 Å². The molecule has 4 rings (SSSR count). The number of nitriles is 1. The third-order valence-corrected chi connectivity index (χ3v) is 7.31. The number of thiophene rings is 1. The predicted molar refractivity (Wildman–Crippen MR) is 134 cm³/mol. The van der Waals surface area contributed by atoms with Crippen molar-refractivity contribution in [3.63, 3.8) is 0 Å². The van der Waals surface area contributed by atoms with Gasteiger partial charge in [-0.1, -0.05) is 36.9 Å². The van der Waals surface area contributed by atoms with E-state index in [4.69, 9.17) is 5.73 Å². The Kier molecular flexibility index (Phi) is 6.08. The van der Waals surface area contributed by atoms with Crippen molar-refractivity contribution in [2.75, 3.05) is 5.73 Å². The summed E-state index contributed by atoms with van der Waals surface area (Å²) in [6, 6.07) is 15.8. The van der Waals surface area contributed by atoms with Gasteiger partial charge in [0, 0.05) is 28.6 Å². The number of halogens is 1. The van der Waals surface area contributed by atoms with Crippen molar-refractivity contribution < 1.29 is 4.79 Å². The monoisotopic (exact) mass is 502 g/mol. The maximum Gasteiger partial charge on any atom is 0.243 e. The fourth-order valence-electron chi connectivity index (χ4n) is 3.62. The van der Waals surface area contributed by atoms with Crippen LogP contribution in [0.5, 0.6) is 0 Å². The molecular weight excluding hydrogens is 484 g/mol. The summed E-state index contributed by atoms with van der Waals surface area (Å²) >= 11 is 5.27. The molecule has 0 aliphatic heterocycles. The highest BCUT2D eigenvalue weighted by Crippen LogP contribution is 2.49. The van der Waals surface area contributed by atoms with E-state index in [1.807, 2.05) is 30.3 Å². The number of nitrogens with two attached hydrogens (primary N) is 1. The molecule has 32 heavy (non-hydrogen) atoms. The SMILES string of the molecule is C=CC(=O)NCc1ccc(-c2sc3c(Br)cnc(N)c3c2-c2ccc(C#N)cc2)c(C)c1. The highest BCUT2D eigenvalue weighted by atomic mass is 79.9. The van der Waals surface area contributed by atoms with Crippen LogP contribution < -0.4 is 11.1 Å². The topological polar surface area (TPSA) is 91.8 Å². The van der Waals surface area contributed by atoms with Gasteiger partial charge in [-0.25, -0.2) is 4.98 Å². The number of hydrogen-bond donors (Lipinski definition) is 2. The number of nitrogen functional groups attached to an aromatic ring is 1. The largest absolute Gasteiger partial charge is 0.383 e. The van der Waals surface area contributed by atoms with Crippen LogP contribution in [0.2, 0.25) is 0 Å². The van der Waals surface area contributed by atoms with Crippen molar-refractivity contribution in [3.8, 4) is 27.6 Å². The lowest BCUT2D eigenvalue weighted by Gasteiger charge is -2.11. The molecule has 0 fully saturated rings. The number of aromatic nitrogens is 1. The average molecular weight is 503 g/mol. The number of carbonyl (C=O) groups is 1. The van der Waals surface area contributed by atoms with Gasteiger partial charge in [0.1, 0.15) is 5.82 Å². The molecule has 0 unspecified atom stereocenters. The Labute approximate surface area is 198 Å². The Morgan fingerprint density at radius 1 is 1.31 bits per heavy atom. The summed E-state index contributed by atoms with van der Waals surface area (Å²) in [5.74, 6) is 0.263. The zero-order valence-corrected chi connectivity index (χ0v) is 19.7. The minimum absolute atomic E-state index is 0.202. The van der Waals surface area contributed by atoms with Crippen LogP contribution in [0.15, 0.2) is 65.8 Å². The lowest BCUT2D eigenvalue weighted by Crippen LogP contribution is -2.19. The van der Waals surface area contributed by atoms with E-state index in [1.54, 1.807) is 17.5 Å². The molecule has 7 heteroatoms. The number of nitrogens with zero attached hydrogens (tertiary/aromatic N) is 2. The molecule has 0 radical (unpaired) electrons. The summed E-state index contributed by atoms with van der Waals surface area (Å²) < 4.78 is 1.91. The Morgan fingerprint density at radius 2 is 2.06 bits per heavy atom. The standard InChI is InChI=1S/C25H19BrN4OS/c1-3-20(31)29-12-16-6-9-18(14(2)10-16)23-21(17-7-4-15(11-27)5-8-17)22-24(32-23)19(26)13-30-25(22)28/h3-10,13H,1,12H2,2H3,(H2,28,30)(H,29,31). The van der Waals surface area contributed by atoms with Crippen LogP contribution in [0.3, 0.4) is 0 Å². The minimum Gasteiger partial charge on any atom is -0.383 e. The van der Waals surface area contributed by atoms with Crippen molar-refractivity contribution in [2.45, 2.75) is 13.5 Å². The predicted octanol–water partition coefficient (Wildman–Crippen LogP) is 5.96. The third-order valence-electron chi connectivity index (χ3n) is 5.19. The number of anilines is 1. The lowest BCUT2D eigenvalue weighted by molar-refractivity contribution is -0.116. The van der Waals surface area contributed by atoms with Crippen LogP contribution >= 0.6 is 27.3 Å². The first-order chi connectivity index (χ1) is 15.4. The van der Waals surface area contributed by atoms with Gasteiger partial charge in [0.2, 0.25) is 5.91 Å². The number of pyridine rings is 1. The second kappa shape index (κ2) is 8.95. The van der Waals surface area contributed by atoms with Crippen molar-refractivity contribution in [1.82, 2.24) is 10.3 Å². The molecule has 0 aliphatic carbocycles. The van der Waals surface area contributed by atoms with Gasteiger partial charge >= 0.3 is 0 Å². The zero-order chi connectivity index (χ0) is 22.8. The van der Waals surface area contributed by atoms with Crippen molar-refractivity contribution in [2.24, 2.45) is 0 Å². The van der Waals surface area contributed by atoms with E-state index in [9.17, 15) is 10.1 Å². The maximum atomic E-state index is 11.5. The average Bonchev–Trinajstić information content (AvgIpc) is 3.21. The maximum absolute atomic E-state index is 11.5. The molecule has 0 saturated heterocycles. The van der Waals surface area contributed by atoms with Gasteiger partial charge in [-0.3, -0.25) is 4.79 Å². The van der Waals surface area contributed by atoms with Gasteiger partial charge in [-0.05, 0) is 63.3 Å². The number of rotatable bonds is 5. The van der Waals surface area contributed by atoms with Gasteiger partial charge in [0.15, 0.2) is 0 Å². The van der Waals surface area contributed by atoms with Crippen LogP contribution in [0, 0.1) is 18.3 Å². The molecule has 2 aromatic heterocycles. The second-order valence-electron chi connectivity index (χ2n) is 7.26. The third kappa shape index (κ3) is 4.03. The van der Waals surface area contributed by atoms with E-state index in [0.29, 0.717) is 17.9 Å². The molecule has 4 aromatic rings. The molecule has 2 heterocycles. The van der Waals surface area contributed by atoms with Crippen LogP contribution in [0.25, 0.3) is 31.7 Å². The molecule has 0 atom stereocenters. The number of nitrogens with one attached hydrogen (secondary N) is 1. The Balaban J connectivity index is 1.90. The van der Waals surface area contributed by atoms with Crippen LogP contribution in [-0.2, 0) is 11.3 Å². The van der Waals surface area contributed by atoms with E-state index >= 15 is 0 Å². The molecule has 0 bridgehead atoms. The molecule has 158 valence electrons. The highest BCUT2D eigenvalue weighted by Gasteiger charge is 2.21. The first-order valence-electron chi connectivity index (χ1n) is 9.80. The zero-order valence-electron chi connectivity index (χ0n) is 17.3. The van der Waals surface area contributed by atoms with Gasteiger partial charge in [0.25, 0.3) is 0 Å². The molecule has 1 amide bonds. The fraction of sp³-hybridized carbons (Fsp3) is 0.0800. The second-order valence-corrected chi connectivity index (χ2v) is 9.14. The molecule has 2 aromatic carbocycles. The molecule has 5 nitrogen and oxygen atoms in total. The normalized spacial score (nSPS) is 10.7. The molecule has 3 N–H and O–H groups in total. The van der Waals surface area contributed by atoms with E-state index in [0.717, 1.165) is 47.3 Å². The van der Waals surface area contributed by atoms with Crippen molar-refractivity contribution in [1.29, 1.82) is 5.26 Å². The first-order valence-corrected chi connectivity index (χ1v) is 11.4. The molecule has 0 saturated carbocycles. The van der Waals surface area contributed by atoms with Gasteiger partial charge in [-0.2, -0.15) is 5.26 Å².